The molecule has 3 rings (SSSR count). The molecule has 31 heavy (non-hydrogen) atoms. The van der Waals surface area contributed by atoms with Gasteiger partial charge in [0.2, 0.25) is 0 Å². The molecule has 0 aliphatic rings. The number of carbonyl (C=O) groups is 1. The highest BCUT2D eigenvalue weighted by Gasteiger charge is 2.28. The average Bonchev–Trinajstić information content (AvgIpc) is 3.06. The molecule has 0 spiro atoms. The highest BCUT2D eigenvalue weighted by atomic mass is 32.2. The van der Waals surface area contributed by atoms with E-state index in [2.05, 4.69) is 23.1 Å². The standard InChI is InChI=1S/C21H22F3N3O3S/c1-14(2)12-27-9-8-15-10-17(6-7-19(15)27)26-31(29,30)18-5-3-4-16(11-18)20(28)25-13-21(22,23)24/h3-11,14,26H,12-13H2,1-2H3,(H,25,28). The molecule has 1 heterocycles. The van der Waals surface area contributed by atoms with Gasteiger partial charge in [0.15, 0.2) is 0 Å². The quantitative estimate of drug-likeness (QED) is 0.557. The number of rotatable bonds is 7. The summed E-state index contributed by atoms with van der Waals surface area (Å²) in [6.45, 7) is 3.53. The van der Waals surface area contributed by atoms with Crippen LogP contribution in [0.3, 0.4) is 0 Å². The van der Waals surface area contributed by atoms with Crippen molar-refractivity contribution in [1.82, 2.24) is 9.88 Å². The summed E-state index contributed by atoms with van der Waals surface area (Å²) in [7, 11) is -4.05. The number of nitrogens with one attached hydrogen (secondary N) is 2. The number of amides is 1. The van der Waals surface area contributed by atoms with E-state index in [-0.39, 0.29) is 10.5 Å². The highest BCUT2D eigenvalue weighted by Crippen LogP contribution is 2.24. The minimum Gasteiger partial charge on any atom is -0.347 e. The first-order chi connectivity index (χ1) is 14.4. The number of halogens is 3. The first-order valence-corrected chi connectivity index (χ1v) is 11.0. The van der Waals surface area contributed by atoms with E-state index in [4.69, 9.17) is 0 Å². The van der Waals surface area contributed by atoms with Gasteiger partial charge in [-0.3, -0.25) is 9.52 Å². The Kier molecular flexibility index (Phi) is 6.30. The minimum atomic E-state index is -4.56. The Bertz CT molecular complexity index is 1200. The lowest BCUT2D eigenvalue weighted by Gasteiger charge is -2.12. The van der Waals surface area contributed by atoms with Gasteiger partial charge < -0.3 is 9.88 Å². The SMILES string of the molecule is CC(C)Cn1ccc2cc(NS(=O)(=O)c3cccc(C(=O)NCC(F)(F)F)c3)ccc21. The topological polar surface area (TPSA) is 80.2 Å². The van der Waals surface area contributed by atoms with E-state index in [0.717, 1.165) is 23.5 Å². The molecule has 166 valence electrons. The fraction of sp³-hybridized carbons (Fsp3) is 0.286. The summed E-state index contributed by atoms with van der Waals surface area (Å²) >= 11 is 0. The van der Waals surface area contributed by atoms with Crippen LogP contribution in [0.4, 0.5) is 18.9 Å². The molecular weight excluding hydrogens is 431 g/mol. The van der Waals surface area contributed by atoms with Gasteiger partial charge in [0, 0.05) is 34.9 Å². The van der Waals surface area contributed by atoms with Gasteiger partial charge >= 0.3 is 6.18 Å². The number of benzene rings is 2. The van der Waals surface area contributed by atoms with Crippen molar-refractivity contribution in [2.75, 3.05) is 11.3 Å². The van der Waals surface area contributed by atoms with Crippen LogP contribution in [0, 0.1) is 5.92 Å². The Morgan fingerprint density at radius 3 is 2.52 bits per heavy atom. The largest absolute Gasteiger partial charge is 0.405 e. The average molecular weight is 453 g/mol. The van der Waals surface area contributed by atoms with Crippen molar-refractivity contribution in [1.29, 1.82) is 0 Å². The first kappa shape index (κ1) is 22.7. The summed E-state index contributed by atoms with van der Waals surface area (Å²) in [5.41, 5.74) is 1.12. The molecule has 10 heteroatoms. The Morgan fingerprint density at radius 1 is 1.10 bits per heavy atom. The smallest absolute Gasteiger partial charge is 0.347 e. The maximum atomic E-state index is 12.8. The van der Waals surface area contributed by atoms with Gasteiger partial charge in [0.1, 0.15) is 6.54 Å². The third-order valence-corrected chi connectivity index (χ3v) is 5.82. The summed E-state index contributed by atoms with van der Waals surface area (Å²) < 4.78 is 66.9. The van der Waals surface area contributed by atoms with Crippen LogP contribution in [0.1, 0.15) is 24.2 Å². The molecule has 3 aromatic rings. The van der Waals surface area contributed by atoms with E-state index in [1.807, 2.05) is 18.3 Å². The third-order valence-electron chi connectivity index (χ3n) is 4.44. The van der Waals surface area contributed by atoms with Crippen LogP contribution in [-0.2, 0) is 16.6 Å². The molecule has 2 aromatic carbocycles. The number of hydrogen-bond donors (Lipinski definition) is 2. The lowest BCUT2D eigenvalue weighted by molar-refractivity contribution is -0.123. The molecule has 0 radical (unpaired) electrons. The van der Waals surface area contributed by atoms with Gasteiger partial charge in [-0.2, -0.15) is 13.2 Å². The van der Waals surface area contributed by atoms with E-state index in [1.165, 1.54) is 18.2 Å². The molecule has 0 saturated heterocycles. The molecular formula is C21H22F3N3O3S. The number of carbonyl (C=O) groups excluding carboxylic acids is 1. The van der Waals surface area contributed by atoms with Gasteiger partial charge in [0.25, 0.3) is 15.9 Å². The number of nitrogens with zero attached hydrogens (tertiary/aromatic N) is 1. The maximum Gasteiger partial charge on any atom is 0.405 e. The Morgan fingerprint density at radius 2 is 1.84 bits per heavy atom. The lowest BCUT2D eigenvalue weighted by Crippen LogP contribution is -2.33. The zero-order chi connectivity index (χ0) is 22.8. The number of alkyl halides is 3. The molecule has 1 amide bonds. The fourth-order valence-electron chi connectivity index (χ4n) is 3.12. The number of sulfonamides is 1. The first-order valence-electron chi connectivity index (χ1n) is 9.51. The highest BCUT2D eigenvalue weighted by molar-refractivity contribution is 7.92. The molecule has 2 N–H and O–H groups in total. The van der Waals surface area contributed by atoms with Crippen LogP contribution >= 0.6 is 0 Å². The van der Waals surface area contributed by atoms with Crippen molar-refractivity contribution in [2.24, 2.45) is 5.92 Å². The number of aromatic nitrogens is 1. The molecule has 0 bridgehead atoms. The lowest BCUT2D eigenvalue weighted by atomic mass is 10.2. The second-order valence-corrected chi connectivity index (χ2v) is 9.25. The van der Waals surface area contributed by atoms with Gasteiger partial charge in [-0.15, -0.1) is 0 Å². The fourth-order valence-corrected chi connectivity index (χ4v) is 4.21. The van der Waals surface area contributed by atoms with Crippen LogP contribution in [0.2, 0.25) is 0 Å². The van der Waals surface area contributed by atoms with Crippen LogP contribution in [-0.4, -0.2) is 31.6 Å². The van der Waals surface area contributed by atoms with Gasteiger partial charge in [0.05, 0.1) is 4.90 Å². The Balaban J connectivity index is 1.80. The summed E-state index contributed by atoms with van der Waals surface area (Å²) in [4.78, 5) is 11.7. The van der Waals surface area contributed by atoms with Crippen molar-refractivity contribution in [2.45, 2.75) is 31.5 Å². The maximum absolute atomic E-state index is 12.8. The van der Waals surface area contributed by atoms with Crippen molar-refractivity contribution in [3.05, 3.63) is 60.3 Å². The van der Waals surface area contributed by atoms with Crippen LogP contribution in [0.15, 0.2) is 59.6 Å². The summed E-state index contributed by atoms with van der Waals surface area (Å²) in [5, 5.41) is 2.58. The monoisotopic (exact) mass is 453 g/mol. The van der Waals surface area contributed by atoms with Crippen molar-refractivity contribution < 1.29 is 26.4 Å². The van der Waals surface area contributed by atoms with E-state index in [1.54, 1.807) is 17.4 Å². The minimum absolute atomic E-state index is 0.187. The number of hydrogen-bond acceptors (Lipinski definition) is 3. The second kappa shape index (κ2) is 8.62. The zero-order valence-corrected chi connectivity index (χ0v) is 17.7. The molecule has 1 aromatic heterocycles. The van der Waals surface area contributed by atoms with Crippen molar-refractivity contribution in [3.8, 4) is 0 Å². The summed E-state index contributed by atoms with van der Waals surface area (Å²) in [5.74, 6) is -0.559. The molecule has 0 saturated carbocycles. The summed E-state index contributed by atoms with van der Waals surface area (Å²) in [6, 6.07) is 11.9. The number of anilines is 1. The molecule has 0 unspecified atom stereocenters. The van der Waals surface area contributed by atoms with Gasteiger partial charge in [-0.1, -0.05) is 19.9 Å². The van der Waals surface area contributed by atoms with Crippen LogP contribution in [0.5, 0.6) is 0 Å². The van der Waals surface area contributed by atoms with E-state index in [9.17, 15) is 26.4 Å². The van der Waals surface area contributed by atoms with Crippen molar-refractivity contribution >= 4 is 32.5 Å². The summed E-state index contributed by atoms with van der Waals surface area (Å²) in [6.07, 6.45) is -2.63. The molecule has 0 atom stereocenters. The molecule has 0 fully saturated rings. The molecule has 6 nitrogen and oxygen atoms in total. The Labute approximate surface area is 178 Å². The van der Waals surface area contributed by atoms with E-state index in [0.29, 0.717) is 11.6 Å². The van der Waals surface area contributed by atoms with Crippen molar-refractivity contribution in [3.63, 3.8) is 0 Å². The predicted molar refractivity (Wildman–Crippen MR) is 112 cm³/mol. The zero-order valence-electron chi connectivity index (χ0n) is 16.9. The number of fused-ring (bicyclic) bond motifs is 1. The normalized spacial score (nSPS) is 12.3. The Hall–Kier alpha value is -3.01. The van der Waals surface area contributed by atoms with E-state index >= 15 is 0 Å². The van der Waals surface area contributed by atoms with Crippen LogP contribution < -0.4 is 10.0 Å². The predicted octanol–water partition coefficient (Wildman–Crippen LogP) is 4.39. The second-order valence-electron chi connectivity index (χ2n) is 7.57. The molecule has 0 aliphatic carbocycles. The van der Waals surface area contributed by atoms with Gasteiger partial charge in [-0.05, 0) is 48.4 Å². The third kappa shape index (κ3) is 5.78. The van der Waals surface area contributed by atoms with E-state index < -0.39 is 28.7 Å². The molecule has 0 aliphatic heterocycles. The van der Waals surface area contributed by atoms with Gasteiger partial charge in [-0.25, -0.2) is 8.42 Å². The van der Waals surface area contributed by atoms with Crippen LogP contribution in [0.25, 0.3) is 10.9 Å².